The number of anilines is 1. The van der Waals surface area contributed by atoms with E-state index in [1.54, 1.807) is 12.1 Å². The van der Waals surface area contributed by atoms with Gasteiger partial charge >= 0.3 is 0 Å². The van der Waals surface area contributed by atoms with Crippen LogP contribution < -0.4 is 4.90 Å². The Morgan fingerprint density at radius 3 is 2.29 bits per heavy atom. The summed E-state index contributed by atoms with van der Waals surface area (Å²) in [5.74, 6) is 0.0970. The quantitative estimate of drug-likeness (QED) is 0.700. The van der Waals surface area contributed by atoms with Gasteiger partial charge in [0.25, 0.3) is 0 Å². The van der Waals surface area contributed by atoms with Crippen molar-refractivity contribution in [1.82, 2.24) is 0 Å². The highest BCUT2D eigenvalue weighted by atomic mass is 16.3. The molecule has 14 heavy (non-hydrogen) atoms. The molecule has 0 aromatic heterocycles. The van der Waals surface area contributed by atoms with Crippen LogP contribution >= 0.6 is 0 Å². The van der Waals surface area contributed by atoms with Gasteiger partial charge in [-0.3, -0.25) is 5.11 Å². The van der Waals surface area contributed by atoms with Crippen LogP contribution in [-0.4, -0.2) is 13.1 Å². The molecule has 0 amide bonds. The van der Waals surface area contributed by atoms with Gasteiger partial charge in [-0.05, 0) is 25.0 Å². The zero-order valence-electron chi connectivity index (χ0n) is 8.99. The molecule has 0 aliphatic carbocycles. The Balaban J connectivity index is 2.75. The molecule has 0 heterocycles. The standard InChI is InChI=1S/C12H18NO/c1-3-8-13(9-4-2)11-6-5-7-12(14)10-11/h5-7,10H,3-4,8-9H2,1-2H3. The van der Waals surface area contributed by atoms with Crippen molar-refractivity contribution in [3.8, 4) is 5.75 Å². The van der Waals surface area contributed by atoms with E-state index in [0.29, 0.717) is 0 Å². The lowest BCUT2D eigenvalue weighted by Crippen LogP contribution is -2.24. The Hall–Kier alpha value is -1.18. The van der Waals surface area contributed by atoms with Gasteiger partial charge < -0.3 is 4.90 Å². The maximum absolute atomic E-state index is 11.2. The van der Waals surface area contributed by atoms with Crippen molar-refractivity contribution in [2.24, 2.45) is 0 Å². The van der Waals surface area contributed by atoms with Gasteiger partial charge in [-0.25, -0.2) is 0 Å². The van der Waals surface area contributed by atoms with Crippen LogP contribution in [0.3, 0.4) is 0 Å². The van der Waals surface area contributed by atoms with E-state index < -0.39 is 0 Å². The van der Waals surface area contributed by atoms with E-state index in [2.05, 4.69) is 18.7 Å². The summed E-state index contributed by atoms with van der Waals surface area (Å²) >= 11 is 0. The lowest BCUT2D eigenvalue weighted by molar-refractivity contribution is 0.355. The summed E-state index contributed by atoms with van der Waals surface area (Å²) in [5.41, 5.74) is 1.06. The fourth-order valence-corrected chi connectivity index (χ4v) is 1.59. The molecular weight excluding hydrogens is 174 g/mol. The molecule has 0 aliphatic heterocycles. The van der Waals surface area contributed by atoms with E-state index in [4.69, 9.17) is 0 Å². The summed E-state index contributed by atoms with van der Waals surface area (Å²) in [4.78, 5) is 2.27. The molecule has 1 radical (unpaired) electrons. The van der Waals surface area contributed by atoms with Crippen molar-refractivity contribution in [1.29, 1.82) is 0 Å². The molecule has 0 atom stereocenters. The molecule has 77 valence electrons. The summed E-state index contributed by atoms with van der Waals surface area (Å²) in [6.07, 6.45) is 2.23. The van der Waals surface area contributed by atoms with Crippen LogP contribution in [0.4, 0.5) is 5.69 Å². The molecule has 1 aromatic rings. The van der Waals surface area contributed by atoms with Crippen LogP contribution in [0.2, 0.25) is 0 Å². The summed E-state index contributed by atoms with van der Waals surface area (Å²) in [6, 6.07) is 7.15. The van der Waals surface area contributed by atoms with Crippen molar-refractivity contribution in [3.05, 3.63) is 24.3 Å². The van der Waals surface area contributed by atoms with Gasteiger partial charge in [0, 0.05) is 24.8 Å². The number of hydrogen-bond donors (Lipinski definition) is 0. The molecule has 0 saturated heterocycles. The average Bonchev–Trinajstić information content (AvgIpc) is 2.17. The third-order valence-corrected chi connectivity index (χ3v) is 2.17. The average molecular weight is 192 g/mol. The first-order valence-electron chi connectivity index (χ1n) is 5.30. The summed E-state index contributed by atoms with van der Waals surface area (Å²) < 4.78 is 0. The zero-order valence-corrected chi connectivity index (χ0v) is 8.99. The van der Waals surface area contributed by atoms with E-state index in [1.807, 2.05) is 12.1 Å². The largest absolute Gasteiger partial charge is 0.371 e. The normalized spacial score (nSPS) is 10.1. The first kappa shape index (κ1) is 10.9. The van der Waals surface area contributed by atoms with Gasteiger partial charge in [0.2, 0.25) is 0 Å². The maximum Gasteiger partial charge on any atom is 0.180 e. The highest BCUT2D eigenvalue weighted by molar-refractivity contribution is 5.50. The Morgan fingerprint density at radius 2 is 1.79 bits per heavy atom. The molecule has 1 rings (SSSR count). The Kier molecular flexibility index (Phi) is 4.30. The van der Waals surface area contributed by atoms with Crippen molar-refractivity contribution in [3.63, 3.8) is 0 Å². The molecule has 0 saturated carbocycles. The van der Waals surface area contributed by atoms with Crippen LogP contribution in [0.25, 0.3) is 0 Å². The fourth-order valence-electron chi connectivity index (χ4n) is 1.59. The highest BCUT2D eigenvalue weighted by Crippen LogP contribution is 2.20. The first-order valence-corrected chi connectivity index (χ1v) is 5.30. The van der Waals surface area contributed by atoms with Crippen molar-refractivity contribution >= 4 is 5.69 Å². The van der Waals surface area contributed by atoms with Crippen molar-refractivity contribution in [2.75, 3.05) is 18.0 Å². The van der Waals surface area contributed by atoms with Crippen LogP contribution in [0.1, 0.15) is 26.7 Å². The maximum atomic E-state index is 11.2. The Bertz CT molecular complexity index is 267. The molecule has 1 aromatic carbocycles. The van der Waals surface area contributed by atoms with Crippen LogP contribution in [0.15, 0.2) is 24.3 Å². The van der Waals surface area contributed by atoms with Crippen molar-refractivity contribution < 1.29 is 5.11 Å². The second kappa shape index (κ2) is 5.53. The van der Waals surface area contributed by atoms with Crippen molar-refractivity contribution in [2.45, 2.75) is 26.7 Å². The van der Waals surface area contributed by atoms with E-state index in [9.17, 15) is 5.11 Å². The smallest absolute Gasteiger partial charge is 0.180 e. The number of hydrogen-bond acceptors (Lipinski definition) is 1. The predicted molar refractivity (Wildman–Crippen MR) is 59.4 cm³/mol. The lowest BCUT2D eigenvalue weighted by atomic mass is 10.2. The van der Waals surface area contributed by atoms with E-state index in [1.165, 1.54) is 0 Å². The minimum Gasteiger partial charge on any atom is -0.371 e. The minimum atomic E-state index is 0.0970. The van der Waals surface area contributed by atoms with Gasteiger partial charge in [0.05, 0.1) is 0 Å². The second-order valence-electron chi connectivity index (χ2n) is 3.48. The van der Waals surface area contributed by atoms with Crippen LogP contribution in [-0.2, 0) is 5.11 Å². The van der Waals surface area contributed by atoms with Crippen LogP contribution in [0.5, 0.6) is 5.75 Å². The van der Waals surface area contributed by atoms with Gasteiger partial charge in [-0.1, -0.05) is 19.9 Å². The molecule has 2 nitrogen and oxygen atoms in total. The third-order valence-electron chi connectivity index (χ3n) is 2.17. The predicted octanol–water partition coefficient (Wildman–Crippen LogP) is 3.46. The zero-order chi connectivity index (χ0) is 10.4. The molecule has 0 fully saturated rings. The minimum absolute atomic E-state index is 0.0970. The number of nitrogens with zero attached hydrogens (tertiary/aromatic N) is 1. The summed E-state index contributed by atoms with van der Waals surface area (Å²) in [5, 5.41) is 11.2. The fraction of sp³-hybridized carbons (Fsp3) is 0.500. The van der Waals surface area contributed by atoms with Crippen LogP contribution in [0, 0.1) is 0 Å². The monoisotopic (exact) mass is 192 g/mol. The summed E-state index contributed by atoms with van der Waals surface area (Å²) in [6.45, 7) is 6.36. The Labute approximate surface area is 86.2 Å². The first-order chi connectivity index (χ1) is 6.77. The highest BCUT2D eigenvalue weighted by Gasteiger charge is 2.04. The van der Waals surface area contributed by atoms with E-state index in [0.717, 1.165) is 31.6 Å². The van der Waals surface area contributed by atoms with Gasteiger partial charge in [0.1, 0.15) is 0 Å². The lowest BCUT2D eigenvalue weighted by Gasteiger charge is -2.23. The molecular formula is C12H18NO. The molecule has 0 spiro atoms. The van der Waals surface area contributed by atoms with Gasteiger partial charge in [-0.2, -0.15) is 0 Å². The van der Waals surface area contributed by atoms with E-state index in [-0.39, 0.29) is 5.75 Å². The van der Waals surface area contributed by atoms with Gasteiger partial charge in [-0.15, -0.1) is 0 Å². The number of benzene rings is 1. The third kappa shape index (κ3) is 2.95. The van der Waals surface area contributed by atoms with Gasteiger partial charge in [0.15, 0.2) is 5.75 Å². The molecule has 0 bridgehead atoms. The molecule has 0 N–H and O–H groups in total. The SMILES string of the molecule is CCCN(CCC)c1cccc([O])c1. The molecule has 0 aliphatic rings. The summed E-state index contributed by atoms with van der Waals surface area (Å²) in [7, 11) is 0. The molecule has 0 unspecified atom stereocenters. The topological polar surface area (TPSA) is 23.1 Å². The molecule has 2 heteroatoms. The Morgan fingerprint density at radius 1 is 1.14 bits per heavy atom. The van der Waals surface area contributed by atoms with E-state index >= 15 is 0 Å². The second-order valence-corrected chi connectivity index (χ2v) is 3.48. The number of rotatable bonds is 5.